The number of anilines is 1. The van der Waals surface area contributed by atoms with Crippen molar-refractivity contribution in [3.63, 3.8) is 0 Å². The van der Waals surface area contributed by atoms with Crippen LogP contribution in [0.2, 0.25) is 0 Å². The van der Waals surface area contributed by atoms with Crippen LogP contribution in [-0.4, -0.2) is 24.3 Å². The lowest BCUT2D eigenvalue weighted by Crippen LogP contribution is -2.40. The minimum Gasteiger partial charge on any atom is -0.396 e. The van der Waals surface area contributed by atoms with Crippen LogP contribution in [0.25, 0.3) is 0 Å². The number of benzene rings is 1. The van der Waals surface area contributed by atoms with Crippen molar-refractivity contribution in [1.82, 2.24) is 0 Å². The largest absolute Gasteiger partial charge is 0.396 e. The van der Waals surface area contributed by atoms with Gasteiger partial charge in [0.15, 0.2) is 0 Å². The maximum absolute atomic E-state index is 9.18. The number of nitrogens with zero attached hydrogens (tertiary/aromatic N) is 1. The number of aliphatic hydroxyl groups is 1. The van der Waals surface area contributed by atoms with E-state index in [1.54, 1.807) is 0 Å². The van der Waals surface area contributed by atoms with Gasteiger partial charge in [0.1, 0.15) is 0 Å². The SMILES string of the molecule is Cc1cc(N2CCCCC2CCO)ccc1CN. The third-order valence-electron chi connectivity index (χ3n) is 3.97. The Bertz CT molecular complexity index is 390. The Morgan fingerprint density at radius 2 is 2.22 bits per heavy atom. The van der Waals surface area contributed by atoms with Gasteiger partial charge in [-0.15, -0.1) is 0 Å². The molecule has 0 saturated carbocycles. The first-order valence-electron chi connectivity index (χ1n) is 6.93. The van der Waals surface area contributed by atoms with Crippen molar-refractivity contribution < 1.29 is 5.11 Å². The predicted octanol–water partition coefficient (Wildman–Crippen LogP) is 2.20. The number of aryl methyl sites for hydroxylation is 1. The van der Waals surface area contributed by atoms with Gasteiger partial charge in [-0.05, 0) is 55.9 Å². The van der Waals surface area contributed by atoms with Crippen LogP contribution in [0.15, 0.2) is 18.2 Å². The van der Waals surface area contributed by atoms with E-state index in [2.05, 4.69) is 30.0 Å². The molecular formula is C15H24N2O. The zero-order valence-corrected chi connectivity index (χ0v) is 11.2. The van der Waals surface area contributed by atoms with Crippen LogP contribution < -0.4 is 10.6 Å². The maximum Gasteiger partial charge on any atom is 0.0450 e. The van der Waals surface area contributed by atoms with Crippen molar-refractivity contribution >= 4 is 5.69 Å². The van der Waals surface area contributed by atoms with Crippen molar-refractivity contribution in [3.05, 3.63) is 29.3 Å². The second-order valence-electron chi connectivity index (χ2n) is 5.17. The molecule has 18 heavy (non-hydrogen) atoms. The minimum absolute atomic E-state index is 0.279. The predicted molar refractivity (Wildman–Crippen MR) is 75.8 cm³/mol. The molecule has 1 aliphatic heterocycles. The van der Waals surface area contributed by atoms with Gasteiger partial charge in [0.05, 0.1) is 0 Å². The number of hydrogen-bond donors (Lipinski definition) is 2. The average molecular weight is 248 g/mol. The molecule has 0 aromatic heterocycles. The van der Waals surface area contributed by atoms with Gasteiger partial charge in [0.25, 0.3) is 0 Å². The molecule has 3 nitrogen and oxygen atoms in total. The number of nitrogens with two attached hydrogens (primary N) is 1. The van der Waals surface area contributed by atoms with E-state index in [-0.39, 0.29) is 6.61 Å². The van der Waals surface area contributed by atoms with Gasteiger partial charge in [-0.25, -0.2) is 0 Å². The number of hydrogen-bond acceptors (Lipinski definition) is 3. The van der Waals surface area contributed by atoms with Crippen molar-refractivity contribution in [3.8, 4) is 0 Å². The van der Waals surface area contributed by atoms with Crippen LogP contribution in [0, 0.1) is 6.92 Å². The Balaban J connectivity index is 2.19. The second kappa shape index (κ2) is 6.21. The first kappa shape index (κ1) is 13.4. The molecule has 3 heteroatoms. The van der Waals surface area contributed by atoms with Gasteiger partial charge in [-0.2, -0.15) is 0 Å². The lowest BCUT2D eigenvalue weighted by atomic mass is 9.98. The fourth-order valence-corrected chi connectivity index (χ4v) is 2.88. The molecule has 1 heterocycles. The molecule has 0 spiro atoms. The topological polar surface area (TPSA) is 49.5 Å². The first-order valence-corrected chi connectivity index (χ1v) is 6.93. The van der Waals surface area contributed by atoms with Crippen LogP contribution >= 0.6 is 0 Å². The smallest absolute Gasteiger partial charge is 0.0450 e. The van der Waals surface area contributed by atoms with Gasteiger partial charge in [0.2, 0.25) is 0 Å². The summed E-state index contributed by atoms with van der Waals surface area (Å²) in [6.45, 7) is 4.11. The van der Waals surface area contributed by atoms with E-state index in [4.69, 9.17) is 5.73 Å². The van der Waals surface area contributed by atoms with E-state index >= 15 is 0 Å². The second-order valence-corrected chi connectivity index (χ2v) is 5.17. The summed E-state index contributed by atoms with van der Waals surface area (Å²) in [6.07, 6.45) is 4.59. The van der Waals surface area contributed by atoms with E-state index in [0.717, 1.165) is 13.0 Å². The van der Waals surface area contributed by atoms with Crippen molar-refractivity contribution in [2.75, 3.05) is 18.1 Å². The summed E-state index contributed by atoms with van der Waals surface area (Å²) in [5.41, 5.74) is 9.47. The highest BCUT2D eigenvalue weighted by molar-refractivity contribution is 5.52. The Morgan fingerprint density at radius 3 is 2.89 bits per heavy atom. The van der Waals surface area contributed by atoms with Crippen LogP contribution in [-0.2, 0) is 6.54 Å². The average Bonchev–Trinajstić information content (AvgIpc) is 2.40. The van der Waals surface area contributed by atoms with E-state index in [1.807, 2.05) is 0 Å². The Hall–Kier alpha value is -1.06. The Labute approximate surface area is 110 Å². The highest BCUT2D eigenvalue weighted by atomic mass is 16.3. The van der Waals surface area contributed by atoms with Crippen molar-refractivity contribution in [2.45, 2.75) is 45.2 Å². The summed E-state index contributed by atoms with van der Waals surface area (Å²) in [5.74, 6) is 0. The monoisotopic (exact) mass is 248 g/mol. The van der Waals surface area contributed by atoms with Crippen LogP contribution in [0.1, 0.15) is 36.8 Å². The lowest BCUT2D eigenvalue weighted by Gasteiger charge is -2.37. The zero-order valence-electron chi connectivity index (χ0n) is 11.2. The molecule has 0 radical (unpaired) electrons. The number of piperidine rings is 1. The van der Waals surface area contributed by atoms with Gasteiger partial charge in [-0.3, -0.25) is 0 Å². The molecule has 2 rings (SSSR count). The molecule has 1 fully saturated rings. The van der Waals surface area contributed by atoms with Gasteiger partial charge >= 0.3 is 0 Å². The van der Waals surface area contributed by atoms with Crippen molar-refractivity contribution in [1.29, 1.82) is 0 Å². The van der Waals surface area contributed by atoms with E-state index < -0.39 is 0 Å². The quantitative estimate of drug-likeness (QED) is 0.859. The molecule has 0 amide bonds. The molecule has 1 saturated heterocycles. The zero-order chi connectivity index (χ0) is 13.0. The third kappa shape index (κ3) is 2.85. The molecule has 100 valence electrons. The fraction of sp³-hybridized carbons (Fsp3) is 0.600. The van der Waals surface area contributed by atoms with Gasteiger partial charge in [0, 0.05) is 31.4 Å². The van der Waals surface area contributed by atoms with Crippen molar-refractivity contribution in [2.24, 2.45) is 5.73 Å². The number of aliphatic hydroxyl groups excluding tert-OH is 1. The summed E-state index contributed by atoms with van der Waals surface area (Å²) < 4.78 is 0. The summed E-state index contributed by atoms with van der Waals surface area (Å²) in [7, 11) is 0. The van der Waals surface area contributed by atoms with Crippen LogP contribution in [0.5, 0.6) is 0 Å². The van der Waals surface area contributed by atoms with E-state index in [9.17, 15) is 5.11 Å². The van der Waals surface area contributed by atoms with E-state index in [1.165, 1.54) is 36.1 Å². The minimum atomic E-state index is 0.279. The molecular weight excluding hydrogens is 224 g/mol. The molecule has 1 aromatic rings. The molecule has 1 aliphatic rings. The van der Waals surface area contributed by atoms with Gasteiger partial charge < -0.3 is 15.7 Å². The molecule has 0 bridgehead atoms. The normalized spacial score (nSPS) is 20.2. The first-order chi connectivity index (χ1) is 8.76. The Morgan fingerprint density at radius 1 is 1.39 bits per heavy atom. The standard InChI is InChI=1S/C15H24N2O/c1-12-10-15(6-5-13(12)11-16)17-8-3-2-4-14(17)7-9-18/h5-6,10,14,18H,2-4,7-9,11,16H2,1H3. The summed E-state index contributed by atoms with van der Waals surface area (Å²) in [6, 6.07) is 7.03. The molecule has 3 N–H and O–H groups in total. The highest BCUT2D eigenvalue weighted by Gasteiger charge is 2.22. The number of rotatable bonds is 4. The summed E-state index contributed by atoms with van der Waals surface area (Å²) in [5, 5.41) is 9.18. The van der Waals surface area contributed by atoms with Crippen LogP contribution in [0.3, 0.4) is 0 Å². The highest BCUT2D eigenvalue weighted by Crippen LogP contribution is 2.28. The lowest BCUT2D eigenvalue weighted by molar-refractivity contribution is 0.262. The van der Waals surface area contributed by atoms with Gasteiger partial charge in [-0.1, -0.05) is 6.07 Å². The molecule has 0 aliphatic carbocycles. The fourth-order valence-electron chi connectivity index (χ4n) is 2.88. The molecule has 1 atom stereocenters. The summed E-state index contributed by atoms with van der Waals surface area (Å²) >= 11 is 0. The molecule has 1 unspecified atom stereocenters. The Kier molecular flexibility index (Phi) is 4.61. The molecule has 1 aromatic carbocycles. The van der Waals surface area contributed by atoms with Crippen LogP contribution in [0.4, 0.5) is 5.69 Å². The van der Waals surface area contributed by atoms with E-state index in [0.29, 0.717) is 12.6 Å². The summed E-state index contributed by atoms with van der Waals surface area (Å²) in [4.78, 5) is 2.45. The third-order valence-corrected chi connectivity index (χ3v) is 3.97. The maximum atomic E-state index is 9.18.